The van der Waals surface area contributed by atoms with Crippen molar-refractivity contribution < 1.29 is 14.3 Å². The van der Waals surface area contributed by atoms with Crippen LogP contribution in [-0.2, 0) is 14.3 Å². The Morgan fingerprint density at radius 3 is 2.65 bits per heavy atom. The van der Waals surface area contributed by atoms with Crippen molar-refractivity contribution in [1.82, 2.24) is 16.0 Å². The highest BCUT2D eigenvalue weighted by molar-refractivity contribution is 5.78. The summed E-state index contributed by atoms with van der Waals surface area (Å²) in [5.41, 5.74) is 0. The molecule has 0 spiro atoms. The van der Waals surface area contributed by atoms with Crippen molar-refractivity contribution in [2.45, 2.75) is 6.42 Å². The minimum atomic E-state index is -0.258. The standard InChI is InChI=1S/C10H18N4O3/c1-17-7-6-14-9(15)2-4-12-8-10(16)13-5-3-11/h12H,2,4-8H2,1H3,(H,13,16)(H,14,15). The molecule has 2 amide bonds. The average molecular weight is 242 g/mol. The highest BCUT2D eigenvalue weighted by Crippen LogP contribution is 1.77. The van der Waals surface area contributed by atoms with Crippen LogP contribution in [0.15, 0.2) is 0 Å². The zero-order valence-corrected chi connectivity index (χ0v) is 9.91. The Bertz CT molecular complexity index is 275. The molecule has 0 aliphatic rings. The van der Waals surface area contributed by atoms with Crippen LogP contribution in [0.1, 0.15) is 6.42 Å². The van der Waals surface area contributed by atoms with Gasteiger partial charge in [-0.1, -0.05) is 0 Å². The maximum atomic E-state index is 11.2. The first kappa shape index (κ1) is 15.3. The van der Waals surface area contributed by atoms with Crippen LogP contribution in [0, 0.1) is 11.3 Å². The zero-order chi connectivity index (χ0) is 12.9. The molecule has 0 aliphatic carbocycles. The van der Waals surface area contributed by atoms with E-state index in [2.05, 4.69) is 16.0 Å². The first-order valence-corrected chi connectivity index (χ1v) is 5.30. The molecule has 0 radical (unpaired) electrons. The fourth-order valence-corrected chi connectivity index (χ4v) is 0.985. The molecule has 0 aromatic heterocycles. The highest BCUT2D eigenvalue weighted by atomic mass is 16.5. The molecule has 3 N–H and O–H groups in total. The normalized spacial score (nSPS) is 9.41. The number of amides is 2. The van der Waals surface area contributed by atoms with Crippen molar-refractivity contribution in [3.8, 4) is 6.07 Å². The number of methoxy groups -OCH3 is 1. The predicted molar refractivity (Wildman–Crippen MR) is 61.0 cm³/mol. The molecule has 0 rings (SSSR count). The van der Waals surface area contributed by atoms with E-state index < -0.39 is 0 Å². The largest absolute Gasteiger partial charge is 0.383 e. The number of carbonyl (C=O) groups excluding carboxylic acids is 2. The molecule has 7 nitrogen and oxygen atoms in total. The Hall–Kier alpha value is -1.65. The third-order valence-corrected chi connectivity index (χ3v) is 1.81. The maximum absolute atomic E-state index is 11.2. The Balaban J connectivity index is 3.35. The van der Waals surface area contributed by atoms with Gasteiger partial charge in [-0.25, -0.2) is 0 Å². The monoisotopic (exact) mass is 242 g/mol. The fourth-order valence-electron chi connectivity index (χ4n) is 0.985. The first-order valence-electron chi connectivity index (χ1n) is 5.30. The molecule has 7 heteroatoms. The van der Waals surface area contributed by atoms with Gasteiger partial charge in [0.15, 0.2) is 0 Å². The first-order chi connectivity index (χ1) is 8.20. The van der Waals surface area contributed by atoms with Gasteiger partial charge in [-0.05, 0) is 0 Å². The molecule has 0 saturated carbocycles. The van der Waals surface area contributed by atoms with Gasteiger partial charge in [0.1, 0.15) is 6.54 Å². The zero-order valence-electron chi connectivity index (χ0n) is 9.91. The number of hydrogen-bond donors (Lipinski definition) is 3. The van der Waals surface area contributed by atoms with E-state index in [4.69, 9.17) is 10.00 Å². The van der Waals surface area contributed by atoms with Crippen molar-refractivity contribution >= 4 is 11.8 Å². The Kier molecular flexibility index (Phi) is 9.80. The number of carbonyl (C=O) groups is 2. The summed E-state index contributed by atoms with van der Waals surface area (Å²) in [6.45, 7) is 1.48. The lowest BCUT2D eigenvalue weighted by molar-refractivity contribution is -0.122. The van der Waals surface area contributed by atoms with Gasteiger partial charge in [0.2, 0.25) is 11.8 Å². The van der Waals surface area contributed by atoms with E-state index in [9.17, 15) is 9.59 Å². The lowest BCUT2D eigenvalue weighted by atomic mass is 10.4. The molecule has 17 heavy (non-hydrogen) atoms. The van der Waals surface area contributed by atoms with Crippen molar-refractivity contribution in [3.63, 3.8) is 0 Å². The summed E-state index contributed by atoms with van der Waals surface area (Å²) in [6, 6.07) is 1.80. The Labute approximate surface area is 101 Å². The molecule has 0 aromatic rings. The quantitative estimate of drug-likeness (QED) is 0.333. The Morgan fingerprint density at radius 1 is 1.24 bits per heavy atom. The van der Waals surface area contributed by atoms with Crippen LogP contribution >= 0.6 is 0 Å². The lowest BCUT2D eigenvalue weighted by Gasteiger charge is -2.05. The number of nitrogens with zero attached hydrogens (tertiary/aromatic N) is 1. The highest BCUT2D eigenvalue weighted by Gasteiger charge is 2.02. The summed E-state index contributed by atoms with van der Waals surface area (Å²) >= 11 is 0. The second-order valence-electron chi connectivity index (χ2n) is 3.20. The van der Waals surface area contributed by atoms with Crippen molar-refractivity contribution in [1.29, 1.82) is 5.26 Å². The van der Waals surface area contributed by atoms with Gasteiger partial charge in [-0.3, -0.25) is 9.59 Å². The second-order valence-corrected chi connectivity index (χ2v) is 3.20. The van der Waals surface area contributed by atoms with Crippen LogP contribution in [0.3, 0.4) is 0 Å². The van der Waals surface area contributed by atoms with Gasteiger partial charge < -0.3 is 20.7 Å². The van der Waals surface area contributed by atoms with Gasteiger partial charge in [0, 0.05) is 26.6 Å². The molecular weight excluding hydrogens is 224 g/mol. The fraction of sp³-hybridized carbons (Fsp3) is 0.700. The molecule has 0 fully saturated rings. The van der Waals surface area contributed by atoms with Gasteiger partial charge >= 0.3 is 0 Å². The van der Waals surface area contributed by atoms with E-state index >= 15 is 0 Å². The summed E-state index contributed by atoms with van der Waals surface area (Å²) in [7, 11) is 1.56. The van der Waals surface area contributed by atoms with Crippen LogP contribution < -0.4 is 16.0 Å². The number of nitriles is 1. The van der Waals surface area contributed by atoms with Crippen LogP contribution in [0.5, 0.6) is 0 Å². The molecular formula is C10H18N4O3. The van der Waals surface area contributed by atoms with Crippen LogP contribution in [0.4, 0.5) is 0 Å². The number of rotatable bonds is 9. The number of hydrogen-bond acceptors (Lipinski definition) is 5. The maximum Gasteiger partial charge on any atom is 0.234 e. The topological polar surface area (TPSA) is 103 Å². The molecule has 0 heterocycles. The SMILES string of the molecule is COCCNC(=O)CCNCC(=O)NCC#N. The van der Waals surface area contributed by atoms with E-state index in [1.807, 2.05) is 0 Å². The predicted octanol–water partition coefficient (Wildman–Crippen LogP) is -1.63. The van der Waals surface area contributed by atoms with E-state index in [-0.39, 0.29) is 24.9 Å². The smallest absolute Gasteiger partial charge is 0.234 e. The summed E-state index contributed by atoms with van der Waals surface area (Å²) in [5, 5.41) is 16.1. The summed E-state index contributed by atoms with van der Waals surface area (Å²) < 4.78 is 4.78. The summed E-state index contributed by atoms with van der Waals surface area (Å²) in [4.78, 5) is 22.2. The molecule has 0 bridgehead atoms. The Morgan fingerprint density at radius 2 is 2.00 bits per heavy atom. The molecule has 0 aliphatic heterocycles. The van der Waals surface area contributed by atoms with E-state index in [1.54, 1.807) is 13.2 Å². The van der Waals surface area contributed by atoms with Crippen molar-refractivity contribution in [3.05, 3.63) is 0 Å². The van der Waals surface area contributed by atoms with E-state index in [0.29, 0.717) is 26.1 Å². The molecule has 0 unspecified atom stereocenters. The van der Waals surface area contributed by atoms with Gasteiger partial charge in [0.05, 0.1) is 19.2 Å². The lowest BCUT2D eigenvalue weighted by Crippen LogP contribution is -2.36. The molecule has 0 aromatic carbocycles. The van der Waals surface area contributed by atoms with Crippen LogP contribution in [0.25, 0.3) is 0 Å². The minimum absolute atomic E-state index is 0.00197. The number of nitrogens with one attached hydrogen (secondary N) is 3. The van der Waals surface area contributed by atoms with Crippen molar-refractivity contribution in [2.24, 2.45) is 0 Å². The van der Waals surface area contributed by atoms with E-state index in [0.717, 1.165) is 0 Å². The van der Waals surface area contributed by atoms with Gasteiger partial charge in [-0.2, -0.15) is 5.26 Å². The molecule has 0 saturated heterocycles. The minimum Gasteiger partial charge on any atom is -0.383 e. The van der Waals surface area contributed by atoms with Crippen LogP contribution in [-0.4, -0.2) is 51.7 Å². The third kappa shape index (κ3) is 10.6. The number of ether oxygens (including phenoxy) is 1. The molecule has 96 valence electrons. The molecule has 0 atom stereocenters. The van der Waals surface area contributed by atoms with Gasteiger partial charge in [-0.15, -0.1) is 0 Å². The van der Waals surface area contributed by atoms with Crippen LogP contribution in [0.2, 0.25) is 0 Å². The average Bonchev–Trinajstić information content (AvgIpc) is 2.32. The summed E-state index contributed by atoms with van der Waals surface area (Å²) in [5.74, 6) is -0.349. The third-order valence-electron chi connectivity index (χ3n) is 1.81. The second kappa shape index (κ2) is 10.9. The van der Waals surface area contributed by atoms with Crippen molar-refractivity contribution in [2.75, 3.05) is 39.9 Å². The van der Waals surface area contributed by atoms with E-state index in [1.165, 1.54) is 0 Å². The summed E-state index contributed by atoms with van der Waals surface area (Å²) in [6.07, 6.45) is 0.301. The van der Waals surface area contributed by atoms with Gasteiger partial charge in [0.25, 0.3) is 0 Å².